The number of hydrogen-bond donors (Lipinski definition) is 3. The minimum atomic E-state index is -0.869. The van der Waals surface area contributed by atoms with Crippen LogP contribution in [0, 0.1) is 0 Å². The second kappa shape index (κ2) is 12.4. The summed E-state index contributed by atoms with van der Waals surface area (Å²) >= 11 is 12.3. The monoisotopic (exact) mass is 553 g/mol. The van der Waals surface area contributed by atoms with Crippen molar-refractivity contribution in [2.75, 3.05) is 6.61 Å². The van der Waals surface area contributed by atoms with E-state index >= 15 is 0 Å². The van der Waals surface area contributed by atoms with Crippen molar-refractivity contribution >= 4 is 35.0 Å². The van der Waals surface area contributed by atoms with Gasteiger partial charge in [-0.2, -0.15) is 5.10 Å². The zero-order valence-electron chi connectivity index (χ0n) is 20.2. The van der Waals surface area contributed by atoms with Crippen LogP contribution < -0.4 is 15.8 Å². The molecule has 196 valence electrons. The fourth-order valence-corrected chi connectivity index (χ4v) is 3.98. The van der Waals surface area contributed by atoms with Gasteiger partial charge in [0, 0.05) is 36.9 Å². The van der Waals surface area contributed by atoms with Crippen molar-refractivity contribution in [3.05, 3.63) is 88.7 Å². The molecule has 11 heteroatoms. The summed E-state index contributed by atoms with van der Waals surface area (Å²) < 4.78 is 7.58. The minimum absolute atomic E-state index is 0.112. The van der Waals surface area contributed by atoms with Crippen molar-refractivity contribution in [1.29, 1.82) is 0 Å². The van der Waals surface area contributed by atoms with Crippen LogP contribution in [0.15, 0.2) is 73.1 Å². The molecular formula is C27H25Cl2N5O4. The van der Waals surface area contributed by atoms with E-state index in [1.54, 1.807) is 53.5 Å². The van der Waals surface area contributed by atoms with E-state index in [9.17, 15) is 14.7 Å². The molecule has 0 radical (unpaired) electrons. The van der Waals surface area contributed by atoms with E-state index in [4.69, 9.17) is 33.7 Å². The smallest absolute Gasteiger partial charge is 0.240 e. The lowest BCUT2D eigenvalue weighted by Crippen LogP contribution is -2.45. The molecule has 2 aromatic carbocycles. The first-order valence-electron chi connectivity index (χ1n) is 11.8. The number of hydrogen-bond acceptors (Lipinski definition) is 6. The van der Waals surface area contributed by atoms with E-state index in [2.05, 4.69) is 15.4 Å². The van der Waals surface area contributed by atoms with Crippen molar-refractivity contribution < 1.29 is 19.4 Å². The van der Waals surface area contributed by atoms with Crippen molar-refractivity contribution in [3.63, 3.8) is 0 Å². The van der Waals surface area contributed by atoms with Gasteiger partial charge >= 0.3 is 0 Å². The number of phenolic OH excluding ortho intramolecular Hbond substituents is 1. The third kappa shape index (κ3) is 7.02. The normalized spacial score (nSPS) is 11.6. The van der Waals surface area contributed by atoms with E-state index < -0.39 is 11.9 Å². The summed E-state index contributed by atoms with van der Waals surface area (Å²) in [4.78, 5) is 28.5. The predicted octanol–water partition coefficient (Wildman–Crippen LogP) is 4.32. The number of carbonyl (C=O) groups is 2. The van der Waals surface area contributed by atoms with Gasteiger partial charge in [0.15, 0.2) is 0 Å². The number of ether oxygens (including phenoxy) is 1. The molecule has 0 fully saturated rings. The molecule has 0 spiro atoms. The number of rotatable bonds is 11. The Morgan fingerprint density at radius 1 is 1.08 bits per heavy atom. The Labute approximate surface area is 229 Å². The first kappa shape index (κ1) is 27.0. The summed E-state index contributed by atoms with van der Waals surface area (Å²) in [6.07, 6.45) is 4.09. The number of aromatic nitrogens is 3. The van der Waals surface area contributed by atoms with Crippen LogP contribution in [-0.4, -0.2) is 44.3 Å². The van der Waals surface area contributed by atoms with E-state index in [1.807, 2.05) is 12.1 Å². The SMILES string of the molecule is NC(=O)[C@H](Cc1ccc(O)cc1)NC(=O)CCCOc1cc(-c2cccnc2)nn1-c1ccc(Cl)c(Cl)c1. The molecule has 4 rings (SSSR count). The van der Waals surface area contributed by atoms with Crippen LogP contribution >= 0.6 is 23.2 Å². The average Bonchev–Trinajstić information content (AvgIpc) is 3.34. The number of primary amides is 1. The van der Waals surface area contributed by atoms with Crippen LogP contribution in [-0.2, 0) is 16.0 Å². The highest BCUT2D eigenvalue weighted by atomic mass is 35.5. The lowest BCUT2D eigenvalue weighted by atomic mass is 10.0. The Bertz CT molecular complexity index is 1410. The lowest BCUT2D eigenvalue weighted by Gasteiger charge is -2.16. The summed E-state index contributed by atoms with van der Waals surface area (Å²) in [5, 5.41) is 17.5. The molecular weight excluding hydrogens is 529 g/mol. The molecule has 9 nitrogen and oxygen atoms in total. The molecule has 0 unspecified atom stereocenters. The Hall–Kier alpha value is -4.08. The van der Waals surface area contributed by atoms with Crippen molar-refractivity contribution in [2.24, 2.45) is 5.73 Å². The number of halogens is 2. The number of pyridine rings is 1. The van der Waals surface area contributed by atoms with E-state index in [0.29, 0.717) is 33.7 Å². The summed E-state index contributed by atoms with van der Waals surface area (Å²) in [5.74, 6) is -0.409. The number of carbonyl (C=O) groups excluding carboxylic acids is 2. The van der Waals surface area contributed by atoms with Gasteiger partial charge in [-0.05, 0) is 54.4 Å². The van der Waals surface area contributed by atoms with Crippen LogP contribution in [0.5, 0.6) is 11.6 Å². The average molecular weight is 554 g/mol. The Morgan fingerprint density at radius 2 is 1.87 bits per heavy atom. The number of aromatic hydroxyl groups is 1. The van der Waals surface area contributed by atoms with Crippen LogP contribution in [0.4, 0.5) is 0 Å². The molecule has 38 heavy (non-hydrogen) atoms. The second-order valence-corrected chi connectivity index (χ2v) is 9.28. The maximum Gasteiger partial charge on any atom is 0.240 e. The van der Waals surface area contributed by atoms with Crippen LogP contribution in [0.3, 0.4) is 0 Å². The van der Waals surface area contributed by atoms with Crippen molar-refractivity contribution in [3.8, 4) is 28.6 Å². The molecule has 4 N–H and O–H groups in total. The maximum absolute atomic E-state index is 12.5. The van der Waals surface area contributed by atoms with Gasteiger partial charge in [-0.15, -0.1) is 0 Å². The quantitative estimate of drug-likeness (QED) is 0.237. The highest BCUT2D eigenvalue weighted by molar-refractivity contribution is 6.42. The molecule has 0 aliphatic heterocycles. The molecule has 4 aromatic rings. The number of amides is 2. The molecule has 0 saturated heterocycles. The number of nitrogens with two attached hydrogens (primary N) is 1. The van der Waals surface area contributed by atoms with Gasteiger partial charge in [-0.3, -0.25) is 14.6 Å². The third-order valence-corrected chi connectivity index (χ3v) is 6.37. The van der Waals surface area contributed by atoms with Crippen LogP contribution in [0.25, 0.3) is 16.9 Å². The molecule has 1 atom stereocenters. The molecule has 0 aliphatic rings. The van der Waals surface area contributed by atoms with Gasteiger partial charge in [0.1, 0.15) is 11.8 Å². The summed E-state index contributed by atoms with van der Waals surface area (Å²) in [6, 6.07) is 16.1. The molecule has 2 amide bonds. The van der Waals surface area contributed by atoms with Crippen LogP contribution in [0.1, 0.15) is 18.4 Å². The van der Waals surface area contributed by atoms with E-state index in [0.717, 1.165) is 11.1 Å². The first-order chi connectivity index (χ1) is 18.3. The van der Waals surface area contributed by atoms with E-state index in [-0.39, 0.29) is 31.1 Å². The highest BCUT2D eigenvalue weighted by Crippen LogP contribution is 2.29. The lowest BCUT2D eigenvalue weighted by molar-refractivity contribution is -0.127. The van der Waals surface area contributed by atoms with Crippen molar-refractivity contribution in [1.82, 2.24) is 20.1 Å². The van der Waals surface area contributed by atoms with Gasteiger partial charge in [-0.25, -0.2) is 4.68 Å². The third-order valence-electron chi connectivity index (χ3n) is 5.63. The molecule has 0 bridgehead atoms. The minimum Gasteiger partial charge on any atom is -0.508 e. The summed E-state index contributed by atoms with van der Waals surface area (Å²) in [6.45, 7) is 0.214. The molecule has 0 saturated carbocycles. The second-order valence-electron chi connectivity index (χ2n) is 8.46. The Balaban J connectivity index is 1.39. The van der Waals surface area contributed by atoms with Crippen LogP contribution in [0.2, 0.25) is 10.0 Å². The summed E-state index contributed by atoms with van der Waals surface area (Å²) in [5.41, 5.74) is 8.34. The fourth-order valence-electron chi connectivity index (χ4n) is 3.69. The van der Waals surface area contributed by atoms with Crippen molar-refractivity contribution in [2.45, 2.75) is 25.3 Å². The number of nitrogens with one attached hydrogen (secondary N) is 1. The number of phenols is 1. The van der Waals surface area contributed by atoms with Gasteiger partial charge < -0.3 is 20.9 Å². The molecule has 0 aliphatic carbocycles. The summed E-state index contributed by atoms with van der Waals surface area (Å²) in [7, 11) is 0. The maximum atomic E-state index is 12.5. The zero-order valence-corrected chi connectivity index (χ0v) is 21.7. The number of nitrogens with zero attached hydrogens (tertiary/aromatic N) is 3. The predicted molar refractivity (Wildman–Crippen MR) is 144 cm³/mol. The first-order valence-corrected chi connectivity index (χ1v) is 12.5. The topological polar surface area (TPSA) is 132 Å². The zero-order chi connectivity index (χ0) is 27.1. The molecule has 2 aromatic heterocycles. The standard InChI is InChI=1S/C27H25Cl2N5O4/c28-21-10-7-19(14-22(21)29)34-26(15-23(33-34)18-3-1-11-31-16-18)38-12-2-4-25(36)32-24(27(30)37)13-17-5-8-20(35)9-6-17/h1,3,5-11,14-16,24,35H,2,4,12-13H2,(H2,30,37)(H,32,36)/t24-/m0/s1. The van der Waals surface area contributed by atoms with Gasteiger partial charge in [-0.1, -0.05) is 35.3 Å². The Morgan fingerprint density at radius 3 is 2.55 bits per heavy atom. The van der Waals surface area contributed by atoms with E-state index in [1.165, 1.54) is 12.1 Å². The number of benzene rings is 2. The van der Waals surface area contributed by atoms with Gasteiger partial charge in [0.2, 0.25) is 17.7 Å². The molecule has 2 heterocycles. The fraction of sp³-hybridized carbons (Fsp3) is 0.185. The Kier molecular flexibility index (Phi) is 8.83. The van der Waals surface area contributed by atoms with Gasteiger partial charge in [0.25, 0.3) is 0 Å². The largest absolute Gasteiger partial charge is 0.508 e. The van der Waals surface area contributed by atoms with Gasteiger partial charge in [0.05, 0.1) is 28.0 Å². The highest BCUT2D eigenvalue weighted by Gasteiger charge is 2.19.